The molecule has 0 radical (unpaired) electrons. The SMILES string of the molecule is CC1CN(S(=O)(=O)c2cc(Br)cnc2NN)CC(C)(C)O1. The summed E-state index contributed by atoms with van der Waals surface area (Å²) in [5.74, 6) is 5.49. The molecule has 3 N–H and O–H groups in total. The maximum absolute atomic E-state index is 12.9. The van der Waals surface area contributed by atoms with Crippen molar-refractivity contribution in [1.82, 2.24) is 9.29 Å². The van der Waals surface area contributed by atoms with E-state index in [9.17, 15) is 8.42 Å². The second kappa shape index (κ2) is 5.81. The summed E-state index contributed by atoms with van der Waals surface area (Å²) in [4.78, 5) is 4.04. The van der Waals surface area contributed by atoms with Gasteiger partial charge < -0.3 is 10.2 Å². The van der Waals surface area contributed by atoms with Crippen LogP contribution >= 0.6 is 15.9 Å². The van der Waals surface area contributed by atoms with Crippen molar-refractivity contribution in [1.29, 1.82) is 0 Å². The average molecular weight is 379 g/mol. The lowest BCUT2D eigenvalue weighted by molar-refractivity contribution is -0.109. The first-order chi connectivity index (χ1) is 9.65. The second-order valence-electron chi connectivity index (χ2n) is 5.63. The lowest BCUT2D eigenvalue weighted by atomic mass is 10.1. The van der Waals surface area contributed by atoms with Crippen LogP contribution in [0.15, 0.2) is 21.6 Å². The van der Waals surface area contributed by atoms with Gasteiger partial charge in [0.2, 0.25) is 10.0 Å². The van der Waals surface area contributed by atoms with Gasteiger partial charge in [0.25, 0.3) is 0 Å². The van der Waals surface area contributed by atoms with Gasteiger partial charge in [0.15, 0.2) is 5.82 Å². The molecule has 0 aliphatic carbocycles. The standard InChI is InChI=1S/C12H19BrN4O3S/c1-8-6-17(7-12(2,3)20-8)21(18,19)10-4-9(13)5-15-11(10)16-14/h4-5,8H,6-7,14H2,1-3H3,(H,15,16). The van der Waals surface area contributed by atoms with Gasteiger partial charge in [-0.1, -0.05) is 0 Å². The number of hydrogen-bond acceptors (Lipinski definition) is 6. The molecule has 1 saturated heterocycles. The summed E-state index contributed by atoms with van der Waals surface area (Å²) in [6.45, 7) is 6.15. The van der Waals surface area contributed by atoms with E-state index in [-0.39, 0.29) is 23.4 Å². The summed E-state index contributed by atoms with van der Waals surface area (Å²) in [6.07, 6.45) is 1.30. The Hall–Kier alpha value is -0.740. The van der Waals surface area contributed by atoms with Gasteiger partial charge >= 0.3 is 0 Å². The van der Waals surface area contributed by atoms with Gasteiger partial charge in [-0.15, -0.1) is 0 Å². The van der Waals surface area contributed by atoms with E-state index in [1.807, 2.05) is 20.8 Å². The Bertz CT molecular complexity index is 635. The summed E-state index contributed by atoms with van der Waals surface area (Å²) < 4.78 is 33.5. The number of nitrogens with zero attached hydrogens (tertiary/aromatic N) is 2. The highest BCUT2D eigenvalue weighted by molar-refractivity contribution is 9.10. The number of pyridine rings is 1. The van der Waals surface area contributed by atoms with Crippen LogP contribution in [0.25, 0.3) is 0 Å². The highest BCUT2D eigenvalue weighted by Gasteiger charge is 2.39. The third kappa shape index (κ3) is 3.54. The van der Waals surface area contributed by atoms with Gasteiger partial charge in [0.05, 0.1) is 11.7 Å². The Balaban J connectivity index is 2.45. The molecule has 21 heavy (non-hydrogen) atoms. The van der Waals surface area contributed by atoms with E-state index in [1.165, 1.54) is 16.6 Å². The molecule has 9 heteroatoms. The largest absolute Gasteiger partial charge is 0.370 e. The van der Waals surface area contributed by atoms with Gasteiger partial charge in [0, 0.05) is 23.8 Å². The number of halogens is 1. The third-order valence-corrected chi connectivity index (χ3v) is 5.37. The number of nitrogen functional groups attached to an aromatic ring is 1. The van der Waals surface area contributed by atoms with Gasteiger partial charge in [-0.05, 0) is 42.8 Å². The number of aromatic nitrogens is 1. The lowest BCUT2D eigenvalue weighted by Crippen LogP contribution is -2.53. The zero-order chi connectivity index (χ0) is 15.8. The van der Waals surface area contributed by atoms with Crippen LogP contribution < -0.4 is 11.3 Å². The molecule has 0 aromatic carbocycles. The molecule has 0 saturated carbocycles. The van der Waals surface area contributed by atoms with E-state index >= 15 is 0 Å². The quantitative estimate of drug-likeness (QED) is 0.607. The highest BCUT2D eigenvalue weighted by Crippen LogP contribution is 2.30. The molecule has 1 aromatic heterocycles. The highest BCUT2D eigenvalue weighted by atomic mass is 79.9. The molecule has 0 amide bonds. The first-order valence-electron chi connectivity index (χ1n) is 6.46. The Labute approximate surface area is 133 Å². The number of nitrogens with one attached hydrogen (secondary N) is 1. The monoisotopic (exact) mass is 378 g/mol. The summed E-state index contributed by atoms with van der Waals surface area (Å²) >= 11 is 3.24. The molecule has 1 unspecified atom stereocenters. The number of hydrazine groups is 1. The van der Waals surface area contributed by atoms with Crippen LogP contribution in [0.2, 0.25) is 0 Å². The maximum Gasteiger partial charge on any atom is 0.247 e. The fourth-order valence-corrected chi connectivity index (χ4v) is 4.72. The Morgan fingerprint density at radius 1 is 1.57 bits per heavy atom. The topological polar surface area (TPSA) is 97.6 Å². The summed E-state index contributed by atoms with van der Waals surface area (Å²) in [5, 5.41) is 0. The minimum absolute atomic E-state index is 0.0456. The molecule has 1 atom stereocenters. The van der Waals surface area contributed by atoms with Crippen LogP contribution in [0, 0.1) is 0 Å². The Kier molecular flexibility index (Phi) is 4.60. The predicted molar refractivity (Wildman–Crippen MR) is 83.1 cm³/mol. The zero-order valence-corrected chi connectivity index (χ0v) is 14.5. The predicted octanol–water partition coefficient (Wildman–Crippen LogP) is 1.32. The van der Waals surface area contributed by atoms with Crippen LogP contribution in [0.4, 0.5) is 5.82 Å². The van der Waals surface area contributed by atoms with Crippen molar-refractivity contribution < 1.29 is 13.2 Å². The Morgan fingerprint density at radius 2 is 2.24 bits per heavy atom. The molecule has 1 aliphatic rings. The first kappa shape index (κ1) is 16.6. The van der Waals surface area contributed by atoms with Crippen LogP contribution in [-0.2, 0) is 14.8 Å². The fourth-order valence-electron chi connectivity index (χ4n) is 2.44. The Morgan fingerprint density at radius 3 is 2.81 bits per heavy atom. The lowest BCUT2D eigenvalue weighted by Gasteiger charge is -2.40. The van der Waals surface area contributed by atoms with Crippen molar-refractivity contribution in [2.75, 3.05) is 18.5 Å². The van der Waals surface area contributed by atoms with Crippen molar-refractivity contribution >= 4 is 31.8 Å². The van der Waals surface area contributed by atoms with Crippen molar-refractivity contribution in [2.45, 2.75) is 37.4 Å². The molecule has 1 fully saturated rings. The summed E-state index contributed by atoms with van der Waals surface area (Å²) in [6, 6.07) is 1.49. The molecule has 0 spiro atoms. The molecule has 118 valence electrons. The van der Waals surface area contributed by atoms with Crippen molar-refractivity contribution in [2.24, 2.45) is 5.84 Å². The molecule has 0 bridgehead atoms. The van der Waals surface area contributed by atoms with Crippen molar-refractivity contribution in [3.63, 3.8) is 0 Å². The number of sulfonamides is 1. The molecular formula is C12H19BrN4O3S. The molecular weight excluding hydrogens is 360 g/mol. The first-order valence-corrected chi connectivity index (χ1v) is 8.69. The van der Waals surface area contributed by atoms with Crippen molar-refractivity contribution in [3.05, 3.63) is 16.7 Å². The van der Waals surface area contributed by atoms with Crippen LogP contribution in [0.1, 0.15) is 20.8 Å². The van der Waals surface area contributed by atoms with Crippen molar-refractivity contribution in [3.8, 4) is 0 Å². The summed E-state index contributed by atoms with van der Waals surface area (Å²) in [7, 11) is -3.71. The van der Waals surface area contributed by atoms with Gasteiger partial charge in [-0.25, -0.2) is 19.2 Å². The van der Waals surface area contributed by atoms with Crippen LogP contribution in [-0.4, -0.2) is 42.5 Å². The maximum atomic E-state index is 12.9. The molecule has 2 rings (SSSR count). The minimum atomic E-state index is -3.71. The number of nitrogens with two attached hydrogens (primary N) is 1. The summed E-state index contributed by atoms with van der Waals surface area (Å²) in [5.41, 5.74) is 1.79. The van der Waals surface area contributed by atoms with E-state index in [4.69, 9.17) is 10.6 Å². The van der Waals surface area contributed by atoms with Crippen LogP contribution in [0.5, 0.6) is 0 Å². The van der Waals surface area contributed by atoms with Gasteiger partial charge in [-0.2, -0.15) is 4.31 Å². The third-order valence-electron chi connectivity index (χ3n) is 3.11. The number of ether oxygens (including phenoxy) is 1. The minimum Gasteiger partial charge on any atom is -0.370 e. The van der Waals surface area contributed by atoms with E-state index in [1.54, 1.807) is 0 Å². The van der Waals surface area contributed by atoms with E-state index in [0.717, 1.165) is 0 Å². The van der Waals surface area contributed by atoms with E-state index < -0.39 is 15.6 Å². The van der Waals surface area contributed by atoms with E-state index in [0.29, 0.717) is 11.0 Å². The zero-order valence-electron chi connectivity index (χ0n) is 12.1. The number of anilines is 1. The second-order valence-corrected chi connectivity index (χ2v) is 8.45. The number of morpholine rings is 1. The molecule has 1 aromatic rings. The molecule has 2 heterocycles. The van der Waals surface area contributed by atoms with Gasteiger partial charge in [0.1, 0.15) is 4.90 Å². The van der Waals surface area contributed by atoms with Crippen LogP contribution in [0.3, 0.4) is 0 Å². The fraction of sp³-hybridized carbons (Fsp3) is 0.583. The average Bonchev–Trinajstić information content (AvgIpc) is 2.36. The number of hydrogen-bond donors (Lipinski definition) is 2. The van der Waals surface area contributed by atoms with E-state index in [2.05, 4.69) is 26.3 Å². The molecule has 7 nitrogen and oxygen atoms in total. The smallest absolute Gasteiger partial charge is 0.247 e. The van der Waals surface area contributed by atoms with Gasteiger partial charge in [-0.3, -0.25) is 0 Å². The number of rotatable bonds is 3. The normalized spacial score (nSPS) is 23.0. The molecule has 1 aliphatic heterocycles.